The van der Waals surface area contributed by atoms with Gasteiger partial charge in [-0.2, -0.15) is 0 Å². The molecular formula is C25H37N2O2+. The van der Waals surface area contributed by atoms with Crippen molar-refractivity contribution >= 4 is 21.7 Å². The molecule has 3 aromatic rings. The van der Waals surface area contributed by atoms with Crippen LogP contribution in [-0.4, -0.2) is 38.3 Å². The van der Waals surface area contributed by atoms with Crippen LogP contribution in [0.15, 0.2) is 42.6 Å². The van der Waals surface area contributed by atoms with Gasteiger partial charge in [-0.15, -0.1) is 0 Å². The SMILES string of the molecule is CC.CC.COc1ccc2c(c1)c[n+](C)c1cc(OCCN3CCCC3)ccc21. The highest BCUT2D eigenvalue weighted by molar-refractivity contribution is 6.04. The smallest absolute Gasteiger partial charge is 0.216 e. The van der Waals surface area contributed by atoms with Gasteiger partial charge >= 0.3 is 0 Å². The van der Waals surface area contributed by atoms with E-state index in [0.717, 1.165) is 24.7 Å². The Kier molecular flexibility index (Phi) is 9.20. The first-order chi connectivity index (χ1) is 14.2. The van der Waals surface area contributed by atoms with Gasteiger partial charge in [-0.25, -0.2) is 4.57 Å². The van der Waals surface area contributed by atoms with Crippen molar-refractivity contribution in [3.05, 3.63) is 42.6 Å². The van der Waals surface area contributed by atoms with Gasteiger partial charge in [0.1, 0.15) is 25.2 Å². The summed E-state index contributed by atoms with van der Waals surface area (Å²) in [4.78, 5) is 2.47. The van der Waals surface area contributed by atoms with Gasteiger partial charge in [-0.05, 0) is 56.3 Å². The Balaban J connectivity index is 0.000000707. The van der Waals surface area contributed by atoms with Crippen molar-refractivity contribution in [3.8, 4) is 11.5 Å². The summed E-state index contributed by atoms with van der Waals surface area (Å²) in [6, 6.07) is 12.6. The van der Waals surface area contributed by atoms with Crippen molar-refractivity contribution in [2.24, 2.45) is 7.05 Å². The molecule has 0 aliphatic carbocycles. The van der Waals surface area contributed by atoms with Gasteiger partial charge in [0.05, 0.1) is 23.9 Å². The second-order valence-corrected chi connectivity index (χ2v) is 6.77. The lowest BCUT2D eigenvalue weighted by atomic mass is 10.1. The van der Waals surface area contributed by atoms with Crippen LogP contribution in [0, 0.1) is 0 Å². The number of aryl methyl sites for hydroxylation is 1. The lowest BCUT2D eigenvalue weighted by molar-refractivity contribution is -0.643. The molecule has 1 aromatic heterocycles. The normalized spacial score (nSPS) is 13.4. The molecule has 0 N–H and O–H groups in total. The molecule has 158 valence electrons. The number of nitrogens with zero attached hydrogens (tertiary/aromatic N) is 2. The van der Waals surface area contributed by atoms with Crippen LogP contribution in [-0.2, 0) is 7.05 Å². The first-order valence-corrected chi connectivity index (χ1v) is 11.0. The summed E-state index contributed by atoms with van der Waals surface area (Å²) in [6.45, 7) is 12.2. The van der Waals surface area contributed by atoms with Gasteiger partial charge in [0, 0.05) is 11.9 Å². The molecule has 0 bridgehead atoms. The summed E-state index contributed by atoms with van der Waals surface area (Å²) in [5, 5.41) is 3.64. The molecule has 0 saturated carbocycles. The number of hydrogen-bond acceptors (Lipinski definition) is 3. The van der Waals surface area contributed by atoms with Gasteiger partial charge in [-0.3, -0.25) is 4.90 Å². The summed E-state index contributed by atoms with van der Waals surface area (Å²) in [7, 11) is 3.78. The van der Waals surface area contributed by atoms with E-state index in [-0.39, 0.29) is 0 Å². The van der Waals surface area contributed by atoms with E-state index in [1.165, 1.54) is 47.6 Å². The predicted octanol–water partition coefficient (Wildman–Crippen LogP) is 5.35. The molecule has 2 aromatic carbocycles. The standard InChI is InChI=1S/C21H25N2O2.2C2H6/c1-22-15-16-13-17(24-2)5-7-19(16)20-8-6-18(14-21(20)22)25-12-11-23-9-3-4-10-23;2*1-2/h5-8,13-15H,3-4,9-12H2,1-2H3;2*1-2H3/q+1;;. The largest absolute Gasteiger partial charge is 0.497 e. The Morgan fingerprint density at radius 1 is 0.897 bits per heavy atom. The minimum atomic E-state index is 0.750. The highest BCUT2D eigenvalue weighted by atomic mass is 16.5. The molecule has 0 spiro atoms. The van der Waals surface area contributed by atoms with Crippen LogP contribution < -0.4 is 14.0 Å². The molecule has 1 fully saturated rings. The average molecular weight is 398 g/mol. The van der Waals surface area contributed by atoms with Gasteiger partial charge < -0.3 is 9.47 Å². The monoisotopic (exact) mass is 397 g/mol. The van der Waals surface area contributed by atoms with Gasteiger partial charge in [0.15, 0.2) is 6.20 Å². The van der Waals surface area contributed by atoms with E-state index in [4.69, 9.17) is 9.47 Å². The summed E-state index contributed by atoms with van der Waals surface area (Å²) >= 11 is 0. The third kappa shape index (κ3) is 5.60. The van der Waals surface area contributed by atoms with Crippen LogP contribution >= 0.6 is 0 Å². The minimum absolute atomic E-state index is 0.750. The zero-order valence-electron chi connectivity index (χ0n) is 19.0. The molecule has 4 heteroatoms. The fraction of sp³-hybridized carbons (Fsp3) is 0.480. The Labute approximate surface area is 176 Å². The number of benzene rings is 2. The number of hydrogen-bond donors (Lipinski definition) is 0. The highest BCUT2D eigenvalue weighted by Gasteiger charge is 2.14. The molecule has 0 amide bonds. The number of rotatable bonds is 5. The highest BCUT2D eigenvalue weighted by Crippen LogP contribution is 2.28. The number of ether oxygens (including phenoxy) is 2. The Morgan fingerprint density at radius 3 is 2.24 bits per heavy atom. The van der Waals surface area contributed by atoms with Crippen LogP contribution in [0.25, 0.3) is 21.7 Å². The number of likely N-dealkylation sites (tertiary alicyclic amines) is 1. The predicted molar refractivity (Wildman–Crippen MR) is 123 cm³/mol. The molecule has 0 radical (unpaired) electrons. The fourth-order valence-corrected chi connectivity index (χ4v) is 3.72. The molecule has 0 atom stereocenters. The molecule has 4 rings (SSSR count). The summed E-state index contributed by atoms with van der Waals surface area (Å²) in [5.74, 6) is 1.82. The fourth-order valence-electron chi connectivity index (χ4n) is 3.72. The van der Waals surface area contributed by atoms with Gasteiger partial charge in [0.25, 0.3) is 0 Å². The van der Waals surface area contributed by atoms with Crippen LogP contribution in [0.2, 0.25) is 0 Å². The lowest BCUT2D eigenvalue weighted by Gasteiger charge is -2.15. The molecular weight excluding hydrogens is 360 g/mol. The van der Waals surface area contributed by atoms with Crippen molar-refractivity contribution in [1.29, 1.82) is 0 Å². The number of methoxy groups -OCH3 is 1. The topological polar surface area (TPSA) is 25.6 Å². The molecule has 1 saturated heterocycles. The molecule has 0 unspecified atom stereocenters. The van der Waals surface area contributed by atoms with Gasteiger partial charge in [-0.1, -0.05) is 27.7 Å². The van der Waals surface area contributed by atoms with Crippen molar-refractivity contribution in [2.45, 2.75) is 40.5 Å². The van der Waals surface area contributed by atoms with Crippen LogP contribution in [0.1, 0.15) is 40.5 Å². The quantitative estimate of drug-likeness (QED) is 0.428. The lowest BCUT2D eigenvalue weighted by Crippen LogP contribution is -2.28. The summed E-state index contributed by atoms with van der Waals surface area (Å²) in [6.07, 6.45) is 4.79. The van der Waals surface area contributed by atoms with E-state index < -0.39 is 0 Å². The zero-order chi connectivity index (χ0) is 21.2. The van der Waals surface area contributed by atoms with E-state index in [2.05, 4.69) is 53.0 Å². The van der Waals surface area contributed by atoms with E-state index in [9.17, 15) is 0 Å². The molecule has 29 heavy (non-hydrogen) atoms. The second kappa shape index (κ2) is 11.6. The van der Waals surface area contributed by atoms with E-state index >= 15 is 0 Å². The minimum Gasteiger partial charge on any atom is -0.497 e. The molecule has 2 heterocycles. The van der Waals surface area contributed by atoms with Crippen LogP contribution in [0.4, 0.5) is 0 Å². The Bertz CT molecular complexity index is 902. The van der Waals surface area contributed by atoms with E-state index in [1.54, 1.807) is 7.11 Å². The first kappa shape index (κ1) is 23.0. The van der Waals surface area contributed by atoms with Crippen molar-refractivity contribution in [2.75, 3.05) is 33.4 Å². The summed E-state index contributed by atoms with van der Waals surface area (Å²) < 4.78 is 13.5. The van der Waals surface area contributed by atoms with E-state index in [1.807, 2.05) is 33.8 Å². The number of fused-ring (bicyclic) bond motifs is 3. The Morgan fingerprint density at radius 2 is 1.55 bits per heavy atom. The van der Waals surface area contributed by atoms with Crippen molar-refractivity contribution < 1.29 is 14.0 Å². The maximum atomic E-state index is 6.00. The first-order valence-electron chi connectivity index (χ1n) is 11.0. The average Bonchev–Trinajstić information content (AvgIpc) is 3.30. The molecule has 1 aliphatic rings. The number of pyridine rings is 1. The van der Waals surface area contributed by atoms with Crippen LogP contribution in [0.5, 0.6) is 11.5 Å². The third-order valence-electron chi connectivity index (χ3n) is 5.11. The number of aromatic nitrogens is 1. The second-order valence-electron chi connectivity index (χ2n) is 6.77. The molecule has 1 aliphatic heterocycles. The van der Waals surface area contributed by atoms with Crippen LogP contribution in [0.3, 0.4) is 0 Å². The maximum absolute atomic E-state index is 6.00. The summed E-state index contributed by atoms with van der Waals surface area (Å²) in [5.41, 5.74) is 1.18. The third-order valence-corrected chi connectivity index (χ3v) is 5.11. The zero-order valence-corrected chi connectivity index (χ0v) is 19.0. The van der Waals surface area contributed by atoms with E-state index in [0.29, 0.717) is 0 Å². The van der Waals surface area contributed by atoms with Gasteiger partial charge in [0.2, 0.25) is 5.52 Å². The van der Waals surface area contributed by atoms with Crippen molar-refractivity contribution in [3.63, 3.8) is 0 Å². The Hall–Kier alpha value is -2.33. The van der Waals surface area contributed by atoms with Crippen molar-refractivity contribution in [1.82, 2.24) is 4.90 Å². The maximum Gasteiger partial charge on any atom is 0.216 e. The molecule has 4 nitrogen and oxygen atoms in total.